The number of aromatic nitrogens is 2. The number of amides is 2. The minimum absolute atomic E-state index is 0.108. The molecule has 0 N–H and O–H groups in total. The van der Waals surface area contributed by atoms with Gasteiger partial charge in [-0.15, -0.1) is 0 Å². The van der Waals surface area contributed by atoms with Crippen LogP contribution in [0.2, 0.25) is 0 Å². The molecule has 44 heavy (non-hydrogen) atoms. The molecule has 0 radical (unpaired) electrons. The minimum Gasteiger partial charge on any atom is -0.497 e. The molecule has 3 aromatic carbocycles. The lowest BCUT2D eigenvalue weighted by Gasteiger charge is -2.32. The first-order valence-corrected chi connectivity index (χ1v) is 15.8. The molecule has 220 valence electrons. The highest BCUT2D eigenvalue weighted by atomic mass is 32.2. The Bertz CT molecular complexity index is 2010. The minimum atomic E-state index is -3.43. The maximum atomic E-state index is 14.3. The van der Waals surface area contributed by atoms with Gasteiger partial charge < -0.3 is 4.74 Å². The van der Waals surface area contributed by atoms with E-state index in [-0.39, 0.29) is 34.6 Å². The van der Waals surface area contributed by atoms with Crippen molar-refractivity contribution in [2.45, 2.75) is 19.4 Å². The molecular weight excluding hydrogens is 576 g/mol. The molecule has 6 rings (SSSR count). The van der Waals surface area contributed by atoms with Gasteiger partial charge in [0.15, 0.2) is 9.84 Å². The summed E-state index contributed by atoms with van der Waals surface area (Å²) in [7, 11) is -1.83. The summed E-state index contributed by atoms with van der Waals surface area (Å²) >= 11 is 0. The SMILES string of the molecule is COc1ccc(-c2nn(-c3ccccc3)cc2/C=C2\C(=O)N(C3CCS(=O)(=O)C3)C(=O)C(C#N)=C2c2ccccc2)c(C)c1. The lowest BCUT2D eigenvalue weighted by atomic mass is 9.86. The van der Waals surface area contributed by atoms with E-state index in [2.05, 4.69) is 0 Å². The van der Waals surface area contributed by atoms with E-state index in [4.69, 9.17) is 9.84 Å². The molecule has 4 aromatic rings. The molecule has 1 atom stereocenters. The molecule has 1 unspecified atom stereocenters. The van der Waals surface area contributed by atoms with Crippen LogP contribution >= 0.6 is 0 Å². The smallest absolute Gasteiger partial charge is 0.272 e. The third-order valence-electron chi connectivity index (χ3n) is 7.90. The zero-order chi connectivity index (χ0) is 31.0. The van der Waals surface area contributed by atoms with Crippen LogP contribution < -0.4 is 4.74 Å². The van der Waals surface area contributed by atoms with Crippen molar-refractivity contribution in [1.29, 1.82) is 5.26 Å². The molecule has 0 aliphatic carbocycles. The number of imide groups is 1. The van der Waals surface area contributed by atoms with Gasteiger partial charge in [-0.1, -0.05) is 48.5 Å². The summed E-state index contributed by atoms with van der Waals surface area (Å²) in [6, 6.07) is 25.1. The molecular formula is C34H28N4O5S. The Labute approximate surface area is 255 Å². The first-order chi connectivity index (χ1) is 21.2. The highest BCUT2D eigenvalue weighted by Crippen LogP contribution is 2.39. The third-order valence-corrected chi connectivity index (χ3v) is 9.65. The van der Waals surface area contributed by atoms with Crippen LogP contribution in [-0.2, 0) is 19.4 Å². The summed E-state index contributed by atoms with van der Waals surface area (Å²) in [4.78, 5) is 29.0. The van der Waals surface area contributed by atoms with Gasteiger partial charge in [-0.3, -0.25) is 14.5 Å². The number of para-hydroxylation sites is 1. The van der Waals surface area contributed by atoms with Crippen LogP contribution in [0.3, 0.4) is 0 Å². The van der Waals surface area contributed by atoms with Crippen LogP contribution in [-0.4, -0.2) is 59.6 Å². The van der Waals surface area contributed by atoms with Crippen LogP contribution in [0.4, 0.5) is 0 Å². The molecule has 0 saturated carbocycles. The molecule has 0 spiro atoms. The van der Waals surface area contributed by atoms with Gasteiger partial charge >= 0.3 is 0 Å². The van der Waals surface area contributed by atoms with Gasteiger partial charge in [-0.05, 0) is 60.9 Å². The lowest BCUT2D eigenvalue weighted by Crippen LogP contribution is -2.49. The number of methoxy groups -OCH3 is 1. The Morgan fingerprint density at radius 3 is 2.32 bits per heavy atom. The van der Waals surface area contributed by atoms with Crippen molar-refractivity contribution < 1.29 is 22.7 Å². The standard InChI is InChI=1S/C34H28N4O5S/c1-22-17-27(43-2)13-14-28(22)32-24(20-37(36-32)25-11-7-4-8-12-25)18-29-31(23-9-5-3-6-10-23)30(19-35)34(40)38(33(29)39)26-15-16-44(41,42)21-26/h3-14,17-18,20,26H,15-16,21H2,1-2H3/b29-18-. The number of sulfone groups is 1. The zero-order valence-electron chi connectivity index (χ0n) is 24.1. The fourth-order valence-corrected chi connectivity index (χ4v) is 7.44. The predicted octanol–water partition coefficient (Wildman–Crippen LogP) is 4.77. The number of aryl methyl sites for hydroxylation is 1. The van der Waals surface area contributed by atoms with E-state index in [0.29, 0.717) is 22.6 Å². The Balaban J connectivity index is 1.61. The first-order valence-electron chi connectivity index (χ1n) is 14.0. The highest BCUT2D eigenvalue weighted by Gasteiger charge is 2.45. The number of ether oxygens (including phenoxy) is 1. The number of carbonyl (C=O) groups excluding carboxylic acids is 2. The van der Waals surface area contributed by atoms with Gasteiger partial charge in [-0.25, -0.2) is 13.1 Å². The zero-order valence-corrected chi connectivity index (χ0v) is 24.9. The van der Waals surface area contributed by atoms with E-state index in [9.17, 15) is 23.3 Å². The molecule has 2 aliphatic rings. The predicted molar refractivity (Wildman–Crippen MR) is 166 cm³/mol. The van der Waals surface area contributed by atoms with Gasteiger partial charge in [0.05, 0.1) is 35.9 Å². The fourth-order valence-electron chi connectivity index (χ4n) is 5.74. The molecule has 3 heterocycles. The number of nitriles is 1. The molecule has 1 saturated heterocycles. The summed E-state index contributed by atoms with van der Waals surface area (Å²) < 4.78 is 31.8. The van der Waals surface area contributed by atoms with E-state index < -0.39 is 27.7 Å². The van der Waals surface area contributed by atoms with Crippen molar-refractivity contribution in [3.05, 3.63) is 113 Å². The molecule has 1 aromatic heterocycles. The van der Waals surface area contributed by atoms with E-state index in [1.807, 2.05) is 61.5 Å². The number of hydrogen-bond donors (Lipinski definition) is 0. The lowest BCUT2D eigenvalue weighted by molar-refractivity contribution is -0.142. The van der Waals surface area contributed by atoms with Gasteiger partial charge in [0.2, 0.25) is 0 Å². The molecule has 0 bridgehead atoms. The van der Waals surface area contributed by atoms with Crippen molar-refractivity contribution >= 4 is 33.3 Å². The summed E-state index contributed by atoms with van der Waals surface area (Å²) in [5.41, 5.74) is 4.25. The number of carbonyl (C=O) groups is 2. The van der Waals surface area contributed by atoms with Crippen LogP contribution in [0.15, 0.2) is 96.2 Å². The van der Waals surface area contributed by atoms with Crippen LogP contribution in [0.1, 0.15) is 23.1 Å². The normalized spacial score (nSPS) is 19.0. The number of rotatable bonds is 6. The second-order valence-electron chi connectivity index (χ2n) is 10.7. The van der Waals surface area contributed by atoms with Crippen molar-refractivity contribution in [2.75, 3.05) is 18.6 Å². The summed E-state index contributed by atoms with van der Waals surface area (Å²) in [5.74, 6) is -1.22. The van der Waals surface area contributed by atoms with Crippen molar-refractivity contribution in [1.82, 2.24) is 14.7 Å². The van der Waals surface area contributed by atoms with Crippen LogP contribution in [0.5, 0.6) is 5.75 Å². The van der Waals surface area contributed by atoms with Gasteiger partial charge in [-0.2, -0.15) is 10.4 Å². The van der Waals surface area contributed by atoms with E-state index in [1.165, 1.54) is 0 Å². The second kappa shape index (κ2) is 11.4. The first kappa shape index (κ1) is 28.8. The quantitative estimate of drug-likeness (QED) is 0.229. The molecule has 10 heteroatoms. The maximum Gasteiger partial charge on any atom is 0.272 e. The molecule has 2 aliphatic heterocycles. The Hall–Kier alpha value is -5.27. The van der Waals surface area contributed by atoms with Crippen molar-refractivity contribution in [3.63, 3.8) is 0 Å². The summed E-state index contributed by atoms with van der Waals surface area (Å²) in [5, 5.41) is 15.2. The van der Waals surface area contributed by atoms with E-state index in [0.717, 1.165) is 21.7 Å². The van der Waals surface area contributed by atoms with Crippen LogP contribution in [0, 0.1) is 18.3 Å². The second-order valence-corrected chi connectivity index (χ2v) is 12.9. The number of benzene rings is 3. The van der Waals surface area contributed by atoms with Gasteiger partial charge in [0, 0.05) is 22.9 Å². The molecule has 9 nitrogen and oxygen atoms in total. The van der Waals surface area contributed by atoms with E-state index >= 15 is 0 Å². The fraction of sp³-hybridized carbons (Fsp3) is 0.176. The summed E-state index contributed by atoms with van der Waals surface area (Å²) in [6.07, 6.45) is 3.56. The highest BCUT2D eigenvalue weighted by molar-refractivity contribution is 7.91. The Kier molecular flexibility index (Phi) is 7.49. The Morgan fingerprint density at radius 1 is 1.00 bits per heavy atom. The third kappa shape index (κ3) is 5.23. The van der Waals surface area contributed by atoms with Crippen molar-refractivity contribution in [3.8, 4) is 28.8 Å². The average Bonchev–Trinajstić information content (AvgIpc) is 3.61. The van der Waals surface area contributed by atoms with E-state index in [1.54, 1.807) is 54.4 Å². The number of hydrogen-bond acceptors (Lipinski definition) is 7. The maximum absolute atomic E-state index is 14.3. The Morgan fingerprint density at radius 2 is 1.70 bits per heavy atom. The molecule has 1 fully saturated rings. The van der Waals surface area contributed by atoms with Gasteiger partial charge in [0.25, 0.3) is 11.8 Å². The largest absolute Gasteiger partial charge is 0.497 e. The summed E-state index contributed by atoms with van der Waals surface area (Å²) in [6.45, 7) is 1.94. The van der Waals surface area contributed by atoms with Crippen LogP contribution in [0.25, 0.3) is 28.6 Å². The molecule has 2 amide bonds. The number of nitrogens with zero attached hydrogens (tertiary/aromatic N) is 4. The van der Waals surface area contributed by atoms with Crippen molar-refractivity contribution in [2.24, 2.45) is 0 Å². The topological polar surface area (TPSA) is 122 Å². The monoisotopic (exact) mass is 604 g/mol. The average molecular weight is 605 g/mol. The van der Waals surface area contributed by atoms with Gasteiger partial charge in [0.1, 0.15) is 23.1 Å².